The van der Waals surface area contributed by atoms with Crippen molar-refractivity contribution in [2.45, 2.75) is 13.3 Å². The summed E-state index contributed by atoms with van der Waals surface area (Å²) in [5, 5.41) is 8.54. The number of carbonyl (C=O) groups excluding carboxylic acids is 1. The van der Waals surface area contributed by atoms with Crippen LogP contribution in [0.15, 0.2) is 12.3 Å². The fourth-order valence-electron chi connectivity index (χ4n) is 1.04. The summed E-state index contributed by atoms with van der Waals surface area (Å²) in [4.78, 5) is 14.6. The van der Waals surface area contributed by atoms with Crippen LogP contribution in [0.4, 0.5) is 4.39 Å². The Morgan fingerprint density at radius 1 is 1.73 bits per heavy atom. The minimum atomic E-state index is -0.609. The molecule has 0 spiro atoms. The van der Waals surface area contributed by atoms with E-state index >= 15 is 0 Å². The van der Waals surface area contributed by atoms with Crippen molar-refractivity contribution >= 4 is 5.97 Å². The van der Waals surface area contributed by atoms with E-state index in [0.29, 0.717) is 0 Å². The highest BCUT2D eigenvalue weighted by molar-refractivity contribution is 5.72. The molecule has 1 aromatic rings. The molecule has 0 radical (unpaired) electrons. The molecule has 1 heterocycles. The number of rotatable bonds is 3. The molecule has 0 aliphatic rings. The number of aromatic nitrogens is 1. The van der Waals surface area contributed by atoms with Gasteiger partial charge in [-0.1, -0.05) is 0 Å². The van der Waals surface area contributed by atoms with Gasteiger partial charge in [-0.05, 0) is 13.0 Å². The van der Waals surface area contributed by atoms with Crippen molar-refractivity contribution in [1.82, 2.24) is 4.98 Å². The molecular weight excluding hydrogens is 199 g/mol. The van der Waals surface area contributed by atoms with Gasteiger partial charge in [0.15, 0.2) is 0 Å². The monoisotopic (exact) mass is 208 g/mol. The lowest BCUT2D eigenvalue weighted by atomic mass is 10.1. The van der Waals surface area contributed by atoms with Gasteiger partial charge in [-0.2, -0.15) is 5.26 Å². The van der Waals surface area contributed by atoms with Crippen LogP contribution in [0, 0.1) is 17.1 Å². The van der Waals surface area contributed by atoms with E-state index in [2.05, 4.69) is 9.72 Å². The zero-order valence-electron chi connectivity index (χ0n) is 8.16. The fraction of sp³-hybridized carbons (Fsp3) is 0.300. The van der Waals surface area contributed by atoms with Crippen LogP contribution in [0.2, 0.25) is 0 Å². The predicted octanol–water partition coefficient (Wildman–Crippen LogP) is 1.20. The Morgan fingerprint density at radius 3 is 3.07 bits per heavy atom. The van der Waals surface area contributed by atoms with Crippen molar-refractivity contribution in [3.8, 4) is 6.07 Å². The number of pyridine rings is 1. The van der Waals surface area contributed by atoms with Gasteiger partial charge in [0.05, 0.1) is 19.2 Å². The smallest absolute Gasteiger partial charge is 0.310 e. The molecule has 0 saturated carbocycles. The topological polar surface area (TPSA) is 63.0 Å². The summed E-state index contributed by atoms with van der Waals surface area (Å²) in [6.45, 7) is 1.91. The molecule has 0 bridgehead atoms. The largest absolute Gasteiger partial charge is 0.466 e. The SMILES string of the molecule is CCOC(=O)Cc1cc(C#N)ncc1F. The Kier molecular flexibility index (Phi) is 3.75. The van der Waals surface area contributed by atoms with Crippen molar-refractivity contribution in [3.05, 3.63) is 29.3 Å². The summed E-state index contributed by atoms with van der Waals surface area (Å²) < 4.78 is 17.8. The van der Waals surface area contributed by atoms with Crippen LogP contribution in [0.1, 0.15) is 18.2 Å². The quantitative estimate of drug-likeness (QED) is 0.700. The number of ether oxygens (including phenoxy) is 1. The third-order valence-corrected chi connectivity index (χ3v) is 1.69. The number of esters is 1. The first-order chi connectivity index (χ1) is 7.17. The van der Waals surface area contributed by atoms with Gasteiger partial charge in [0.1, 0.15) is 17.6 Å². The van der Waals surface area contributed by atoms with Crippen LogP contribution < -0.4 is 0 Å². The van der Waals surface area contributed by atoms with E-state index in [1.54, 1.807) is 13.0 Å². The summed E-state index contributed by atoms with van der Waals surface area (Å²) >= 11 is 0. The van der Waals surface area contributed by atoms with Gasteiger partial charge in [0, 0.05) is 5.56 Å². The van der Waals surface area contributed by atoms with Crippen molar-refractivity contribution in [3.63, 3.8) is 0 Å². The Bertz CT molecular complexity index is 412. The summed E-state index contributed by atoms with van der Waals surface area (Å²) in [7, 11) is 0. The van der Waals surface area contributed by atoms with Gasteiger partial charge in [0.2, 0.25) is 0 Å². The van der Waals surface area contributed by atoms with E-state index in [-0.39, 0.29) is 24.3 Å². The number of hydrogen-bond acceptors (Lipinski definition) is 4. The standard InChI is InChI=1S/C10H9FN2O2/c1-2-15-10(14)4-7-3-8(5-12)13-6-9(7)11/h3,6H,2,4H2,1H3. The van der Waals surface area contributed by atoms with Crippen molar-refractivity contribution in [2.75, 3.05) is 6.61 Å². The maximum atomic E-state index is 13.1. The first kappa shape index (κ1) is 11.1. The Hall–Kier alpha value is -1.96. The third kappa shape index (κ3) is 3.02. The van der Waals surface area contributed by atoms with Gasteiger partial charge in [-0.15, -0.1) is 0 Å². The molecule has 0 amide bonds. The summed E-state index contributed by atoms with van der Waals surface area (Å²) in [5.74, 6) is -1.13. The number of nitrogens with zero attached hydrogens (tertiary/aromatic N) is 2. The van der Waals surface area contributed by atoms with E-state index in [0.717, 1.165) is 6.20 Å². The van der Waals surface area contributed by atoms with Crippen LogP contribution >= 0.6 is 0 Å². The van der Waals surface area contributed by atoms with Crippen LogP contribution in [-0.4, -0.2) is 17.6 Å². The van der Waals surface area contributed by atoms with Crippen LogP contribution in [0.25, 0.3) is 0 Å². The van der Waals surface area contributed by atoms with Gasteiger partial charge in [-0.25, -0.2) is 9.37 Å². The highest BCUT2D eigenvalue weighted by atomic mass is 19.1. The lowest BCUT2D eigenvalue weighted by molar-refractivity contribution is -0.142. The zero-order chi connectivity index (χ0) is 11.3. The molecule has 0 N–H and O–H groups in total. The van der Waals surface area contributed by atoms with Crippen LogP contribution in [0.3, 0.4) is 0 Å². The number of nitriles is 1. The molecule has 0 aliphatic carbocycles. The summed E-state index contributed by atoms with van der Waals surface area (Å²) in [5.41, 5.74) is 0.204. The molecular formula is C10H9FN2O2. The average molecular weight is 208 g/mol. The Morgan fingerprint density at radius 2 is 2.47 bits per heavy atom. The van der Waals surface area contributed by atoms with E-state index in [1.165, 1.54) is 6.07 Å². The normalized spacial score (nSPS) is 9.40. The molecule has 5 heteroatoms. The maximum absolute atomic E-state index is 13.1. The molecule has 4 nitrogen and oxygen atoms in total. The highest BCUT2D eigenvalue weighted by Gasteiger charge is 2.10. The highest BCUT2D eigenvalue weighted by Crippen LogP contribution is 2.08. The lowest BCUT2D eigenvalue weighted by Crippen LogP contribution is -2.09. The second-order valence-corrected chi connectivity index (χ2v) is 2.75. The van der Waals surface area contributed by atoms with Gasteiger partial charge < -0.3 is 4.74 Å². The van der Waals surface area contributed by atoms with Crippen LogP contribution in [0.5, 0.6) is 0 Å². The fourth-order valence-corrected chi connectivity index (χ4v) is 1.04. The van der Waals surface area contributed by atoms with E-state index < -0.39 is 11.8 Å². The number of carbonyl (C=O) groups is 1. The molecule has 0 fully saturated rings. The summed E-state index contributed by atoms with van der Waals surface area (Å²) in [6.07, 6.45) is 0.740. The number of hydrogen-bond donors (Lipinski definition) is 0. The minimum absolute atomic E-state index is 0.0794. The molecule has 1 rings (SSSR count). The summed E-state index contributed by atoms with van der Waals surface area (Å²) in [6, 6.07) is 3.01. The van der Waals surface area contributed by atoms with Gasteiger partial charge in [0.25, 0.3) is 0 Å². The molecule has 15 heavy (non-hydrogen) atoms. The van der Waals surface area contributed by atoms with Gasteiger partial charge >= 0.3 is 5.97 Å². The lowest BCUT2D eigenvalue weighted by Gasteiger charge is -2.02. The van der Waals surface area contributed by atoms with Gasteiger partial charge in [-0.3, -0.25) is 4.79 Å². The molecule has 0 atom stereocenters. The first-order valence-corrected chi connectivity index (χ1v) is 4.37. The van der Waals surface area contributed by atoms with E-state index in [4.69, 9.17) is 5.26 Å². The van der Waals surface area contributed by atoms with Crippen molar-refractivity contribution in [1.29, 1.82) is 5.26 Å². The molecule has 0 aromatic carbocycles. The second-order valence-electron chi connectivity index (χ2n) is 2.75. The van der Waals surface area contributed by atoms with Crippen molar-refractivity contribution in [2.24, 2.45) is 0 Å². The molecule has 0 aliphatic heterocycles. The molecule has 1 aromatic heterocycles. The predicted molar refractivity (Wildman–Crippen MR) is 49.2 cm³/mol. The molecule has 78 valence electrons. The zero-order valence-corrected chi connectivity index (χ0v) is 8.16. The molecule has 0 saturated heterocycles. The van der Waals surface area contributed by atoms with Crippen LogP contribution in [-0.2, 0) is 16.0 Å². The maximum Gasteiger partial charge on any atom is 0.310 e. The first-order valence-electron chi connectivity index (χ1n) is 4.37. The minimum Gasteiger partial charge on any atom is -0.466 e. The van der Waals surface area contributed by atoms with Crippen molar-refractivity contribution < 1.29 is 13.9 Å². The second kappa shape index (κ2) is 5.05. The number of halogens is 1. The Labute approximate surface area is 86.3 Å². The molecule has 0 unspecified atom stereocenters. The van der Waals surface area contributed by atoms with E-state index in [9.17, 15) is 9.18 Å². The Balaban J connectivity index is 2.85. The third-order valence-electron chi connectivity index (χ3n) is 1.69. The van der Waals surface area contributed by atoms with E-state index in [1.807, 2.05) is 0 Å². The average Bonchev–Trinajstić information content (AvgIpc) is 2.21.